The molecule has 3 aromatic rings. The normalized spacial score (nSPS) is 19.8. The van der Waals surface area contributed by atoms with E-state index in [4.69, 9.17) is 5.73 Å². The summed E-state index contributed by atoms with van der Waals surface area (Å²) in [5, 5.41) is 14.2. The minimum Gasteiger partial charge on any atom is -0.391 e. The van der Waals surface area contributed by atoms with E-state index in [1.165, 1.54) is 11.4 Å². The molecule has 0 amide bonds. The summed E-state index contributed by atoms with van der Waals surface area (Å²) in [4.78, 5) is 18.0. The molecule has 0 saturated carbocycles. The van der Waals surface area contributed by atoms with Gasteiger partial charge in [0.2, 0.25) is 0 Å². The second kappa shape index (κ2) is 6.27. The van der Waals surface area contributed by atoms with Crippen LogP contribution in [0.2, 0.25) is 0 Å². The lowest BCUT2D eigenvalue weighted by Gasteiger charge is -2.26. The maximum Gasteiger partial charge on any atom is 0.170 e. The SMILES string of the molecule is CC(=O)c1c(N)nn2ccc(N3C[C@H](O)CC3c3cc(F)ccc3F)nc12. The zero-order valence-electron chi connectivity index (χ0n) is 14.4. The highest BCUT2D eigenvalue weighted by Gasteiger charge is 2.35. The zero-order valence-corrected chi connectivity index (χ0v) is 14.4. The molecule has 0 aliphatic carbocycles. The third-order valence-corrected chi connectivity index (χ3v) is 4.74. The highest BCUT2D eigenvalue weighted by atomic mass is 19.1. The molecule has 1 fully saturated rings. The van der Waals surface area contributed by atoms with Crippen molar-refractivity contribution in [1.82, 2.24) is 14.6 Å². The minimum absolute atomic E-state index is 0.0707. The summed E-state index contributed by atoms with van der Waals surface area (Å²) in [7, 11) is 0. The molecule has 1 aromatic carbocycles. The third kappa shape index (κ3) is 2.89. The molecule has 1 saturated heterocycles. The maximum absolute atomic E-state index is 14.3. The van der Waals surface area contributed by atoms with E-state index in [0.717, 1.165) is 18.2 Å². The predicted octanol–water partition coefficient (Wildman–Crippen LogP) is 2.10. The molecule has 0 radical (unpaired) electrons. The van der Waals surface area contributed by atoms with Crippen LogP contribution in [-0.2, 0) is 0 Å². The Labute approximate surface area is 153 Å². The lowest BCUT2D eigenvalue weighted by atomic mass is 10.0. The van der Waals surface area contributed by atoms with Crippen LogP contribution >= 0.6 is 0 Å². The largest absolute Gasteiger partial charge is 0.391 e. The number of nitrogens with zero attached hydrogens (tertiary/aromatic N) is 4. The van der Waals surface area contributed by atoms with Crippen molar-refractivity contribution in [3.8, 4) is 0 Å². The molecule has 2 atom stereocenters. The molecule has 7 nitrogen and oxygen atoms in total. The fourth-order valence-electron chi connectivity index (χ4n) is 3.57. The molecular weight excluding hydrogens is 356 g/mol. The number of ketones is 1. The Kier molecular flexibility index (Phi) is 4.03. The second-order valence-electron chi connectivity index (χ2n) is 6.59. The quantitative estimate of drug-likeness (QED) is 0.683. The number of halogens is 2. The summed E-state index contributed by atoms with van der Waals surface area (Å²) in [6.45, 7) is 1.56. The highest BCUT2D eigenvalue weighted by molar-refractivity contribution is 6.04. The van der Waals surface area contributed by atoms with Crippen LogP contribution in [0.4, 0.5) is 20.4 Å². The number of aromatic nitrogens is 3. The van der Waals surface area contributed by atoms with Crippen LogP contribution in [0.15, 0.2) is 30.5 Å². The first-order valence-corrected chi connectivity index (χ1v) is 8.40. The van der Waals surface area contributed by atoms with Gasteiger partial charge in [0.25, 0.3) is 0 Å². The number of carbonyl (C=O) groups is 1. The topological polar surface area (TPSA) is 96.8 Å². The molecule has 1 aliphatic rings. The Morgan fingerprint density at radius 2 is 2.11 bits per heavy atom. The second-order valence-corrected chi connectivity index (χ2v) is 6.59. The van der Waals surface area contributed by atoms with Crippen LogP contribution in [-0.4, -0.2) is 38.1 Å². The average Bonchev–Trinajstić information content (AvgIpc) is 3.15. The van der Waals surface area contributed by atoms with Gasteiger partial charge in [0.15, 0.2) is 17.2 Å². The summed E-state index contributed by atoms with van der Waals surface area (Å²) >= 11 is 0. The van der Waals surface area contributed by atoms with E-state index < -0.39 is 23.8 Å². The van der Waals surface area contributed by atoms with Gasteiger partial charge in [-0.3, -0.25) is 4.79 Å². The van der Waals surface area contributed by atoms with Crippen LogP contribution in [0.5, 0.6) is 0 Å². The van der Waals surface area contributed by atoms with Gasteiger partial charge in [-0.05, 0) is 37.6 Å². The fraction of sp³-hybridized carbons (Fsp3) is 0.278. The highest BCUT2D eigenvalue weighted by Crippen LogP contribution is 2.37. The molecule has 0 bridgehead atoms. The van der Waals surface area contributed by atoms with Gasteiger partial charge in [-0.25, -0.2) is 18.3 Å². The molecule has 27 heavy (non-hydrogen) atoms. The average molecular weight is 373 g/mol. The van der Waals surface area contributed by atoms with Crippen molar-refractivity contribution >= 4 is 23.1 Å². The first kappa shape index (κ1) is 17.3. The number of hydrogen-bond donors (Lipinski definition) is 2. The molecule has 3 N–H and O–H groups in total. The first-order chi connectivity index (χ1) is 12.8. The number of Topliss-reactive ketones (excluding diaryl/α,β-unsaturated/α-hetero) is 1. The summed E-state index contributed by atoms with van der Waals surface area (Å²) in [6, 6.07) is 4.28. The van der Waals surface area contributed by atoms with Crippen molar-refractivity contribution in [3.63, 3.8) is 0 Å². The first-order valence-electron chi connectivity index (χ1n) is 8.40. The van der Waals surface area contributed by atoms with Crippen LogP contribution < -0.4 is 10.6 Å². The van der Waals surface area contributed by atoms with Crippen molar-refractivity contribution in [2.75, 3.05) is 17.2 Å². The molecule has 2 aromatic heterocycles. The standard InChI is InChI=1S/C18H17F2N5O2/c1-9(26)16-17(21)23-25-5-4-15(22-18(16)25)24-8-11(27)7-14(24)12-6-10(19)2-3-13(12)20/h2-6,11,14,27H,7-8H2,1H3,(H2,21,23)/t11-,14?/m1/s1. The Hall–Kier alpha value is -3.07. The van der Waals surface area contributed by atoms with Gasteiger partial charge in [-0.15, -0.1) is 5.10 Å². The van der Waals surface area contributed by atoms with Crippen molar-refractivity contribution in [2.45, 2.75) is 25.5 Å². The van der Waals surface area contributed by atoms with E-state index >= 15 is 0 Å². The smallest absolute Gasteiger partial charge is 0.170 e. The van der Waals surface area contributed by atoms with Gasteiger partial charge in [0, 0.05) is 18.3 Å². The van der Waals surface area contributed by atoms with E-state index in [0.29, 0.717) is 5.82 Å². The number of aliphatic hydroxyl groups is 1. The minimum atomic E-state index is -0.724. The van der Waals surface area contributed by atoms with Gasteiger partial charge < -0.3 is 15.7 Å². The van der Waals surface area contributed by atoms with Gasteiger partial charge in [0.05, 0.1) is 12.1 Å². The van der Waals surface area contributed by atoms with Crippen molar-refractivity contribution in [1.29, 1.82) is 0 Å². The van der Waals surface area contributed by atoms with Crippen molar-refractivity contribution < 1.29 is 18.7 Å². The summed E-state index contributed by atoms with van der Waals surface area (Å²) in [5.74, 6) is -0.907. The number of carbonyl (C=O) groups excluding carboxylic acids is 1. The number of anilines is 2. The Bertz CT molecular complexity index is 1050. The van der Waals surface area contributed by atoms with Crippen LogP contribution in [0.3, 0.4) is 0 Å². The number of rotatable bonds is 3. The van der Waals surface area contributed by atoms with Gasteiger partial charge in [-0.1, -0.05) is 0 Å². The third-order valence-electron chi connectivity index (χ3n) is 4.74. The number of β-amino-alcohol motifs (C(OH)–C–C–N with tert-alkyl or cyclic N) is 1. The van der Waals surface area contributed by atoms with E-state index in [1.807, 2.05) is 0 Å². The molecule has 9 heteroatoms. The monoisotopic (exact) mass is 373 g/mol. The van der Waals surface area contributed by atoms with Crippen LogP contribution in [0.1, 0.15) is 35.3 Å². The molecule has 1 aliphatic heterocycles. The molecule has 140 valence electrons. The maximum atomic E-state index is 14.3. The number of fused-ring (bicyclic) bond motifs is 1. The predicted molar refractivity (Wildman–Crippen MR) is 94.5 cm³/mol. The number of nitrogen functional groups attached to an aromatic ring is 1. The lowest BCUT2D eigenvalue weighted by Crippen LogP contribution is -2.26. The van der Waals surface area contributed by atoms with Crippen molar-refractivity contribution in [3.05, 3.63) is 53.2 Å². The fourth-order valence-corrected chi connectivity index (χ4v) is 3.57. The molecular formula is C18H17F2N5O2. The molecule has 4 rings (SSSR count). The lowest BCUT2D eigenvalue weighted by molar-refractivity contribution is 0.102. The van der Waals surface area contributed by atoms with Crippen LogP contribution in [0.25, 0.3) is 5.65 Å². The number of aliphatic hydroxyl groups excluding tert-OH is 1. The van der Waals surface area contributed by atoms with Crippen LogP contribution in [0, 0.1) is 11.6 Å². The number of hydrogen-bond acceptors (Lipinski definition) is 6. The van der Waals surface area contributed by atoms with Crippen molar-refractivity contribution in [2.24, 2.45) is 0 Å². The molecule has 3 heterocycles. The summed E-state index contributed by atoms with van der Waals surface area (Å²) in [6.07, 6.45) is 1.09. The Balaban J connectivity index is 1.82. The molecule has 0 spiro atoms. The zero-order chi connectivity index (χ0) is 19.3. The number of nitrogens with two attached hydrogens (primary N) is 1. The Morgan fingerprint density at radius 3 is 2.85 bits per heavy atom. The van der Waals surface area contributed by atoms with E-state index in [9.17, 15) is 18.7 Å². The van der Waals surface area contributed by atoms with E-state index in [1.54, 1.807) is 17.2 Å². The van der Waals surface area contributed by atoms with Gasteiger partial charge >= 0.3 is 0 Å². The summed E-state index contributed by atoms with van der Waals surface area (Å²) < 4.78 is 29.3. The number of benzene rings is 1. The van der Waals surface area contributed by atoms with E-state index in [-0.39, 0.29) is 41.3 Å². The molecule has 1 unspecified atom stereocenters. The van der Waals surface area contributed by atoms with E-state index in [2.05, 4.69) is 10.1 Å². The summed E-state index contributed by atoms with van der Waals surface area (Å²) in [5.41, 5.74) is 6.42. The Morgan fingerprint density at radius 1 is 1.33 bits per heavy atom. The van der Waals surface area contributed by atoms with Gasteiger partial charge in [-0.2, -0.15) is 0 Å². The van der Waals surface area contributed by atoms with Gasteiger partial charge in [0.1, 0.15) is 23.0 Å².